The van der Waals surface area contributed by atoms with E-state index in [1.54, 1.807) is 14.2 Å². The first-order valence-corrected chi connectivity index (χ1v) is 10.1. The molecule has 6 heteroatoms. The lowest BCUT2D eigenvalue weighted by atomic mass is 10.1. The predicted molar refractivity (Wildman–Crippen MR) is 116 cm³/mol. The van der Waals surface area contributed by atoms with Crippen molar-refractivity contribution in [3.63, 3.8) is 0 Å². The molecule has 0 spiro atoms. The minimum absolute atomic E-state index is 0.482. The molecule has 6 nitrogen and oxygen atoms in total. The second-order valence-electron chi connectivity index (χ2n) is 7.28. The largest absolute Gasteiger partial charge is 0.497 e. The number of aryl methyl sites for hydroxylation is 1. The number of nitrogens with one attached hydrogen (secondary N) is 2. The summed E-state index contributed by atoms with van der Waals surface area (Å²) >= 11 is 0. The third-order valence-corrected chi connectivity index (χ3v) is 5.01. The van der Waals surface area contributed by atoms with Crippen LogP contribution in [0.3, 0.4) is 0 Å². The second-order valence-corrected chi connectivity index (χ2v) is 7.28. The Hall–Kier alpha value is -2.73. The van der Waals surface area contributed by atoms with Crippen molar-refractivity contribution in [2.45, 2.75) is 26.4 Å². The van der Waals surface area contributed by atoms with Crippen molar-refractivity contribution in [1.29, 1.82) is 0 Å². The van der Waals surface area contributed by atoms with Crippen LogP contribution >= 0.6 is 0 Å². The molecular formula is C23H31N3O3. The molecule has 1 fully saturated rings. The molecule has 0 aliphatic carbocycles. The van der Waals surface area contributed by atoms with Crippen LogP contribution in [0.2, 0.25) is 0 Å². The molecule has 1 aliphatic rings. The van der Waals surface area contributed by atoms with Crippen molar-refractivity contribution in [1.82, 2.24) is 10.6 Å². The van der Waals surface area contributed by atoms with Crippen LogP contribution < -0.4 is 20.1 Å². The first kappa shape index (κ1) is 21.0. The minimum Gasteiger partial charge on any atom is -0.497 e. The first-order chi connectivity index (χ1) is 14.2. The van der Waals surface area contributed by atoms with Gasteiger partial charge in [-0.1, -0.05) is 24.3 Å². The van der Waals surface area contributed by atoms with E-state index in [9.17, 15) is 0 Å². The van der Waals surface area contributed by atoms with Crippen LogP contribution in [0.15, 0.2) is 47.5 Å². The molecule has 1 saturated heterocycles. The Morgan fingerprint density at radius 2 is 1.93 bits per heavy atom. The van der Waals surface area contributed by atoms with Crippen molar-refractivity contribution in [3.8, 4) is 11.5 Å². The lowest BCUT2D eigenvalue weighted by Gasteiger charge is -2.17. The molecule has 1 aliphatic heterocycles. The van der Waals surface area contributed by atoms with Gasteiger partial charge in [-0.25, -0.2) is 0 Å². The second kappa shape index (κ2) is 10.7. The molecule has 0 radical (unpaired) electrons. The summed E-state index contributed by atoms with van der Waals surface area (Å²) in [6, 6.07) is 14.3. The van der Waals surface area contributed by atoms with Crippen LogP contribution in [0.1, 0.15) is 23.1 Å². The molecule has 0 saturated carbocycles. The van der Waals surface area contributed by atoms with Crippen molar-refractivity contribution in [2.75, 3.05) is 34.0 Å². The van der Waals surface area contributed by atoms with Gasteiger partial charge in [0.2, 0.25) is 0 Å². The van der Waals surface area contributed by atoms with Gasteiger partial charge in [0.1, 0.15) is 11.5 Å². The summed E-state index contributed by atoms with van der Waals surface area (Å²) in [5, 5.41) is 6.72. The van der Waals surface area contributed by atoms with E-state index in [1.165, 1.54) is 5.56 Å². The number of methoxy groups -OCH3 is 1. The van der Waals surface area contributed by atoms with Crippen LogP contribution in [-0.4, -0.2) is 39.9 Å². The highest BCUT2D eigenvalue weighted by Crippen LogP contribution is 2.22. The van der Waals surface area contributed by atoms with E-state index in [1.807, 2.05) is 24.3 Å². The zero-order valence-corrected chi connectivity index (χ0v) is 17.5. The van der Waals surface area contributed by atoms with E-state index in [0.29, 0.717) is 25.6 Å². The molecule has 156 valence electrons. The number of nitrogens with zero attached hydrogens (tertiary/aromatic N) is 1. The van der Waals surface area contributed by atoms with Crippen LogP contribution in [0.25, 0.3) is 0 Å². The van der Waals surface area contributed by atoms with Gasteiger partial charge in [-0.05, 0) is 42.7 Å². The van der Waals surface area contributed by atoms with Gasteiger partial charge < -0.3 is 24.8 Å². The van der Waals surface area contributed by atoms with E-state index in [-0.39, 0.29) is 0 Å². The summed E-state index contributed by atoms with van der Waals surface area (Å²) < 4.78 is 16.8. The summed E-state index contributed by atoms with van der Waals surface area (Å²) in [5.41, 5.74) is 3.46. The Balaban J connectivity index is 1.53. The molecule has 2 N–H and O–H groups in total. The zero-order valence-electron chi connectivity index (χ0n) is 17.5. The highest BCUT2D eigenvalue weighted by Gasteiger charge is 2.17. The maximum Gasteiger partial charge on any atom is 0.191 e. The maximum atomic E-state index is 6.13. The number of guanidine groups is 1. The number of rotatable bonds is 8. The highest BCUT2D eigenvalue weighted by atomic mass is 16.5. The first-order valence-electron chi connectivity index (χ1n) is 10.1. The van der Waals surface area contributed by atoms with Gasteiger partial charge in [-0.3, -0.25) is 4.99 Å². The molecule has 3 rings (SSSR count). The third-order valence-electron chi connectivity index (χ3n) is 5.01. The lowest BCUT2D eigenvalue weighted by Crippen LogP contribution is -2.36. The Morgan fingerprint density at radius 3 is 2.62 bits per heavy atom. The van der Waals surface area contributed by atoms with Gasteiger partial charge in [0.05, 0.1) is 20.3 Å². The van der Waals surface area contributed by atoms with Gasteiger partial charge in [0, 0.05) is 38.2 Å². The highest BCUT2D eigenvalue weighted by molar-refractivity contribution is 5.79. The maximum absolute atomic E-state index is 6.13. The monoisotopic (exact) mass is 397 g/mol. The van der Waals surface area contributed by atoms with Crippen molar-refractivity contribution < 1.29 is 14.2 Å². The molecule has 1 unspecified atom stereocenters. The summed E-state index contributed by atoms with van der Waals surface area (Å²) in [6.45, 7) is 5.73. The number of ether oxygens (including phenoxy) is 3. The average Bonchev–Trinajstić information content (AvgIpc) is 3.27. The normalized spacial score (nSPS) is 16.5. The number of hydrogen-bond donors (Lipinski definition) is 2. The quantitative estimate of drug-likeness (QED) is 0.529. The van der Waals surface area contributed by atoms with E-state index in [2.05, 4.69) is 40.7 Å². The van der Waals surface area contributed by atoms with Crippen LogP contribution in [-0.2, 0) is 17.8 Å². The molecule has 1 atom stereocenters. The molecule has 0 aromatic heterocycles. The van der Waals surface area contributed by atoms with Gasteiger partial charge in [0.15, 0.2) is 5.96 Å². The molecule has 0 amide bonds. The fraction of sp³-hybridized carbons (Fsp3) is 0.435. The molecule has 29 heavy (non-hydrogen) atoms. The van der Waals surface area contributed by atoms with Crippen molar-refractivity contribution >= 4 is 5.96 Å². The Kier molecular flexibility index (Phi) is 7.76. The van der Waals surface area contributed by atoms with Gasteiger partial charge in [-0.15, -0.1) is 0 Å². The van der Waals surface area contributed by atoms with Gasteiger partial charge in [-0.2, -0.15) is 0 Å². The van der Waals surface area contributed by atoms with E-state index < -0.39 is 0 Å². The van der Waals surface area contributed by atoms with Crippen molar-refractivity contribution in [2.24, 2.45) is 10.9 Å². The summed E-state index contributed by atoms with van der Waals surface area (Å²) in [6.07, 6.45) is 1.07. The molecule has 2 aromatic carbocycles. The van der Waals surface area contributed by atoms with Crippen LogP contribution in [0.5, 0.6) is 11.5 Å². The van der Waals surface area contributed by atoms with E-state index in [0.717, 1.165) is 48.2 Å². The van der Waals surface area contributed by atoms with Crippen LogP contribution in [0, 0.1) is 12.8 Å². The third kappa shape index (κ3) is 6.39. The molecule has 1 heterocycles. The van der Waals surface area contributed by atoms with Gasteiger partial charge >= 0.3 is 0 Å². The number of aliphatic imine (C=N–C) groups is 1. The average molecular weight is 398 g/mol. The minimum atomic E-state index is 0.482. The Labute approximate surface area is 173 Å². The molecular weight excluding hydrogens is 366 g/mol. The van der Waals surface area contributed by atoms with Gasteiger partial charge in [0.25, 0.3) is 0 Å². The fourth-order valence-electron chi connectivity index (χ4n) is 3.19. The molecule has 2 aromatic rings. The van der Waals surface area contributed by atoms with E-state index >= 15 is 0 Å². The standard InChI is InChI=1S/C23H31N3O3/c1-17-4-7-20(22(12-17)29-16-19-10-11-28-15-19)14-26-23(24-2)25-13-18-5-8-21(27-3)9-6-18/h4-9,12,19H,10-11,13-16H2,1-3H3,(H2,24,25,26). The zero-order chi connectivity index (χ0) is 20.5. The SMILES string of the molecule is CN=C(NCc1ccc(OC)cc1)NCc1ccc(C)cc1OCC1CCOC1. The van der Waals surface area contributed by atoms with Crippen molar-refractivity contribution in [3.05, 3.63) is 59.2 Å². The predicted octanol–water partition coefficient (Wildman–Crippen LogP) is 3.28. The van der Waals surface area contributed by atoms with E-state index in [4.69, 9.17) is 14.2 Å². The number of benzene rings is 2. The fourth-order valence-corrected chi connectivity index (χ4v) is 3.19. The Bertz CT molecular complexity index is 800. The van der Waals surface area contributed by atoms with Crippen LogP contribution in [0.4, 0.5) is 0 Å². The number of hydrogen-bond acceptors (Lipinski definition) is 4. The topological polar surface area (TPSA) is 64.1 Å². The Morgan fingerprint density at radius 1 is 1.14 bits per heavy atom. The smallest absolute Gasteiger partial charge is 0.191 e. The summed E-state index contributed by atoms with van der Waals surface area (Å²) in [7, 11) is 3.44. The summed E-state index contributed by atoms with van der Waals surface area (Å²) in [5.74, 6) is 3.01. The summed E-state index contributed by atoms with van der Waals surface area (Å²) in [4.78, 5) is 4.32. The lowest BCUT2D eigenvalue weighted by molar-refractivity contribution is 0.166. The molecule has 0 bridgehead atoms.